The normalized spacial score (nSPS) is 13.5. The minimum atomic E-state index is -4.72. The van der Waals surface area contributed by atoms with Crippen molar-refractivity contribution in [3.8, 4) is 85.7 Å². The molecule has 3 saturated carbocycles. The Hall–Kier alpha value is -17.5. The number of hydrogen-bond acceptors (Lipinski definition) is 27. The zero-order chi connectivity index (χ0) is 97.6. The van der Waals surface area contributed by atoms with Gasteiger partial charge >= 0.3 is 25.6 Å². The molecule has 19 aromatic rings. The van der Waals surface area contributed by atoms with Gasteiger partial charge in [0, 0.05) is 94.8 Å². The molecular weight excluding hydrogens is 1840 g/mol. The lowest BCUT2D eigenvalue weighted by atomic mass is 10.1. The van der Waals surface area contributed by atoms with Crippen LogP contribution in [0.3, 0.4) is 0 Å². The number of alkyl halides is 10. The summed E-state index contributed by atoms with van der Waals surface area (Å²) in [5.41, 5.74) is 19.0. The smallest absolute Gasteiger partial charge is 0.497 e. The highest BCUT2D eigenvalue weighted by Gasteiger charge is 2.44. The van der Waals surface area contributed by atoms with Crippen LogP contribution < -0.4 is 55.0 Å². The number of ether oxygens (including phenoxy) is 6. The van der Waals surface area contributed by atoms with E-state index >= 15 is 0 Å². The number of nitrogens with one attached hydrogen (secondary N) is 5. The van der Waals surface area contributed by atoms with Crippen molar-refractivity contribution in [3.05, 3.63) is 303 Å². The number of nitrogens with zero attached hydrogens (tertiary/aromatic N) is 21. The molecule has 4 aliphatic rings. The maximum atomic E-state index is 13.2. The van der Waals surface area contributed by atoms with Gasteiger partial charge in [-0.15, -0.1) is 35.1 Å². The summed E-state index contributed by atoms with van der Waals surface area (Å²) in [5, 5.41) is 20.0. The fourth-order valence-corrected chi connectivity index (χ4v) is 15.5. The van der Waals surface area contributed by atoms with Crippen LogP contribution in [-0.2, 0) is 6.54 Å². The molecule has 15 heterocycles. The number of aromatic nitrogens is 21. The molecule has 0 saturated heterocycles. The summed E-state index contributed by atoms with van der Waals surface area (Å²) in [5.74, 6) is 5.93. The van der Waals surface area contributed by atoms with E-state index in [0.717, 1.165) is 97.4 Å². The number of halogens is 10. The fraction of sp³-hybridized carbons (Fsp3) is 0.192. The molecule has 0 unspecified atom stereocenters. The molecule has 14 aromatic heterocycles. The molecule has 5 N–H and O–H groups in total. The second-order valence-electron chi connectivity index (χ2n) is 32.6. The minimum Gasteiger partial charge on any atom is -0.497 e. The fourth-order valence-electron chi connectivity index (χ4n) is 15.5. The molecule has 1 aliphatic heterocycles. The Bertz CT molecular complexity index is 7690. The van der Waals surface area contributed by atoms with E-state index in [1.165, 1.54) is 117 Å². The topological polar surface area (TPSA) is 345 Å². The molecule has 23 rings (SSSR count). The van der Waals surface area contributed by atoms with Gasteiger partial charge in [0.2, 0.25) is 0 Å². The summed E-state index contributed by atoms with van der Waals surface area (Å²) in [6.45, 7) is 5.67. The number of imidazole rings is 4. The Labute approximate surface area is 795 Å². The first-order valence-corrected chi connectivity index (χ1v) is 44.2. The monoisotopic (exact) mass is 1920 g/mol. The van der Waals surface area contributed by atoms with Crippen molar-refractivity contribution in [1.82, 2.24) is 102 Å². The molecule has 42 heteroatoms. The molecule has 3 aliphatic carbocycles. The first kappa shape index (κ1) is 92.6. The molecule has 32 nitrogen and oxygen atoms in total. The molecule has 714 valence electrons. The van der Waals surface area contributed by atoms with E-state index in [-0.39, 0.29) is 28.7 Å². The van der Waals surface area contributed by atoms with Crippen molar-refractivity contribution in [1.29, 1.82) is 0 Å². The van der Waals surface area contributed by atoms with Crippen molar-refractivity contribution in [2.24, 2.45) is 0 Å². The lowest BCUT2D eigenvalue weighted by Gasteiger charge is -2.11. The number of rotatable bonds is 24. The van der Waals surface area contributed by atoms with E-state index in [2.05, 4.69) is 127 Å². The second kappa shape index (κ2) is 39.7. The first-order chi connectivity index (χ1) is 68.1. The summed E-state index contributed by atoms with van der Waals surface area (Å²) >= 11 is 0. The highest BCUT2D eigenvalue weighted by Crippen LogP contribution is 2.46. The van der Waals surface area contributed by atoms with E-state index in [4.69, 9.17) is 24.7 Å². The van der Waals surface area contributed by atoms with Crippen molar-refractivity contribution in [2.45, 2.75) is 116 Å². The standard InChI is InChI=1S/C21H16F3N5O.C21H15F2N5O2.C21H19N5O.C18H18F3N5O.C18H14F2N6O/c22-21(23,24)30-15-8-6-14(7-9-15)26-19-11-25-10-16(27-19)18-2-1-3-20-28-17(12-29(18)20)13-4-5-13;22-21(23)29-17-7-6-13(8-18(17)30-21)25-19-10-24-9-14(26-19)16-2-1-3-20-27-15(11-28(16)20)12-4-5-12;1-27-16-9-7-15(8-10-16)23-20-12-22-11-17(24-20)19-3-2-4-21-25-18(13-26(19)21)14-5-6-14;1-4-26-12(3)17(11(2)25-26)15-9-22-10-16(24-15)23-13-5-7-14(8-6-13)27-18(19,20)21;1-11-23-17-14(3-2-8-22-17)26(11)16-10-21-9-15(25-16)24-12-4-6-13(7-5-12)27-18(19)20/h1-3,6-13H,4-5H2,(H,26,27);1-3,6-12H,4-5H2,(H,25,26);2-4,7-14H,5-6H2,1H3,(H,23,24);5-10H,4H2,1-3H3,(H,23,24);2-10,18H,1H3,(H,24,25). The predicted octanol–water partition coefficient (Wildman–Crippen LogP) is 22.9. The maximum absolute atomic E-state index is 13.2. The zero-order valence-electron chi connectivity index (χ0n) is 75.3. The van der Waals surface area contributed by atoms with Crippen LogP contribution in [0.15, 0.2) is 269 Å². The van der Waals surface area contributed by atoms with Crippen molar-refractivity contribution in [3.63, 3.8) is 0 Å². The van der Waals surface area contributed by atoms with E-state index in [1.54, 1.807) is 93.5 Å². The Morgan fingerprint density at radius 2 is 0.816 bits per heavy atom. The summed E-state index contributed by atoms with van der Waals surface area (Å²) in [6, 6.07) is 50.7. The lowest BCUT2D eigenvalue weighted by Crippen LogP contribution is -2.25. The second-order valence-corrected chi connectivity index (χ2v) is 32.6. The van der Waals surface area contributed by atoms with Gasteiger partial charge in [0.15, 0.2) is 28.8 Å². The van der Waals surface area contributed by atoms with Gasteiger partial charge in [-0.1, -0.05) is 18.2 Å². The maximum Gasteiger partial charge on any atom is 0.586 e. The van der Waals surface area contributed by atoms with E-state index in [1.807, 2.05) is 143 Å². The highest BCUT2D eigenvalue weighted by atomic mass is 19.4. The van der Waals surface area contributed by atoms with Crippen LogP contribution in [0.4, 0.5) is 101 Å². The van der Waals surface area contributed by atoms with E-state index in [9.17, 15) is 43.9 Å². The Kier molecular flexibility index (Phi) is 26.0. The molecule has 0 bridgehead atoms. The number of benzene rings is 5. The lowest BCUT2D eigenvalue weighted by molar-refractivity contribution is -0.286. The number of anilines is 10. The molecule has 0 atom stereocenters. The third-order valence-electron chi connectivity index (χ3n) is 22.3. The highest BCUT2D eigenvalue weighted by molar-refractivity contribution is 5.75. The first-order valence-electron chi connectivity index (χ1n) is 44.2. The van der Waals surface area contributed by atoms with Crippen LogP contribution in [-0.4, -0.2) is 135 Å². The summed E-state index contributed by atoms with van der Waals surface area (Å²) in [6.07, 6.45) is 18.4. The van der Waals surface area contributed by atoms with Crippen LogP contribution in [0.25, 0.3) is 79.3 Å². The van der Waals surface area contributed by atoms with E-state index in [0.29, 0.717) is 98.1 Å². The van der Waals surface area contributed by atoms with Crippen LogP contribution >= 0.6 is 0 Å². The number of pyridine rings is 4. The summed E-state index contributed by atoms with van der Waals surface area (Å²) in [4.78, 5) is 67.3. The number of fused-ring (bicyclic) bond motifs is 5. The van der Waals surface area contributed by atoms with Gasteiger partial charge in [-0.3, -0.25) is 47.4 Å². The largest absolute Gasteiger partial charge is 0.586 e. The zero-order valence-corrected chi connectivity index (χ0v) is 75.3. The van der Waals surface area contributed by atoms with Crippen molar-refractivity contribution < 1.29 is 72.3 Å². The Morgan fingerprint density at radius 1 is 0.426 bits per heavy atom. The molecule has 0 radical (unpaired) electrons. The SMILES string of the molecule is CCn1nc(C)c(-c2cncc(Nc3ccc(OC(F)(F)F)cc3)n2)c1C.COc1ccc(Nc2cncc(-c3cccc4nc(C5CC5)cn34)n2)cc1.Cc1nc2ncccc2n1-c1cncc(Nc2ccc(OC(F)F)cc2)n1.FC(F)(F)Oc1ccc(Nc2cncc(-c3cccc4nc(C5CC5)cn34)n2)cc1.FC1(F)Oc2ccc(Nc3cncc(-c4cccc5nc(C6CC6)cn45)n3)cc2O1. The van der Waals surface area contributed by atoms with Gasteiger partial charge in [-0.2, -0.15) is 13.9 Å². The number of methoxy groups -OCH3 is 1. The Balaban J connectivity index is 0.000000112. The molecular formula is C99H82F10N26O6. The average Bonchev–Trinajstić information content (AvgIpc) is 1.65. The summed E-state index contributed by atoms with van der Waals surface area (Å²) < 4.78 is 161. The van der Waals surface area contributed by atoms with Crippen molar-refractivity contribution in [2.75, 3.05) is 33.7 Å². The molecule has 5 aromatic carbocycles. The van der Waals surface area contributed by atoms with Crippen LogP contribution in [0, 0.1) is 20.8 Å². The van der Waals surface area contributed by atoms with Crippen molar-refractivity contribution >= 4 is 85.6 Å². The van der Waals surface area contributed by atoms with Gasteiger partial charge in [-0.05, 0) is 224 Å². The molecule has 0 spiro atoms. The van der Waals surface area contributed by atoms with Gasteiger partial charge in [0.05, 0.1) is 120 Å². The molecule has 3 fully saturated rings. The quantitative estimate of drug-likeness (QED) is 0.0351. The van der Waals surface area contributed by atoms with Crippen LogP contribution in [0.1, 0.15) is 97.5 Å². The number of aryl methyl sites for hydroxylation is 3. The average molecular weight is 1920 g/mol. The molecule has 0 amide bonds. The van der Waals surface area contributed by atoms with Crippen LogP contribution in [0.2, 0.25) is 0 Å². The Morgan fingerprint density at radius 3 is 1.23 bits per heavy atom. The molecule has 141 heavy (non-hydrogen) atoms. The summed E-state index contributed by atoms with van der Waals surface area (Å²) in [7, 11) is 1.66. The van der Waals surface area contributed by atoms with Gasteiger partial charge in [0.25, 0.3) is 0 Å². The van der Waals surface area contributed by atoms with E-state index < -0.39 is 25.6 Å². The van der Waals surface area contributed by atoms with Gasteiger partial charge in [0.1, 0.15) is 86.1 Å². The third kappa shape index (κ3) is 22.8. The third-order valence-corrected chi connectivity index (χ3v) is 22.3. The van der Waals surface area contributed by atoms with Crippen LogP contribution in [0.5, 0.6) is 34.5 Å². The predicted molar refractivity (Wildman–Crippen MR) is 504 cm³/mol. The van der Waals surface area contributed by atoms with Gasteiger partial charge in [-0.25, -0.2) is 49.8 Å². The number of hydrogen-bond donors (Lipinski definition) is 5. The minimum absolute atomic E-state index is 0.0105. The van der Waals surface area contributed by atoms with Gasteiger partial charge < -0.3 is 55.0 Å².